The average molecular weight is 627 g/mol. The quantitative estimate of drug-likeness (QED) is 0.125. The lowest BCUT2D eigenvalue weighted by Gasteiger charge is -2.23. The van der Waals surface area contributed by atoms with Gasteiger partial charge in [0.25, 0.3) is 5.56 Å². The van der Waals surface area contributed by atoms with Crippen LogP contribution in [0, 0.1) is 18.6 Å². The lowest BCUT2D eigenvalue weighted by Crippen LogP contribution is -2.32. The number of aryl methyl sites for hydroxylation is 1. The van der Waals surface area contributed by atoms with Crippen LogP contribution in [0.5, 0.6) is 5.75 Å². The maximum Gasteiger partial charge on any atom is 0.416 e. The molecule has 0 N–H and O–H groups in total. The zero-order valence-electron chi connectivity index (χ0n) is 23.8. The molecule has 44 heavy (non-hydrogen) atoms. The van der Waals surface area contributed by atoms with Gasteiger partial charge in [0.05, 0.1) is 28.8 Å². The Balaban J connectivity index is 1.63. The molecule has 2 aliphatic rings. The highest BCUT2D eigenvalue weighted by Crippen LogP contribution is 2.44. The first-order valence-corrected chi connectivity index (χ1v) is 15.0. The van der Waals surface area contributed by atoms with Crippen LogP contribution in [0.3, 0.4) is 0 Å². The van der Waals surface area contributed by atoms with E-state index in [4.69, 9.17) is 9.57 Å². The van der Waals surface area contributed by atoms with E-state index >= 15 is 8.78 Å². The molecule has 0 saturated heterocycles. The highest BCUT2D eigenvalue weighted by atomic mass is 32.2. The monoisotopic (exact) mass is 626 g/mol. The van der Waals surface area contributed by atoms with Crippen molar-refractivity contribution in [3.63, 3.8) is 0 Å². The van der Waals surface area contributed by atoms with Gasteiger partial charge in [-0.15, -0.1) is 11.8 Å². The number of alkyl halides is 3. The average Bonchev–Trinajstić information content (AvgIpc) is 3.45. The normalized spacial score (nSPS) is 16.3. The molecule has 0 fully saturated rings. The maximum absolute atomic E-state index is 16.1. The number of pyridine rings is 1. The van der Waals surface area contributed by atoms with Crippen molar-refractivity contribution in [1.29, 1.82) is 0 Å². The zero-order chi connectivity index (χ0) is 31.2. The molecule has 1 atom stereocenters. The minimum atomic E-state index is -4.81. The maximum atomic E-state index is 16.1. The van der Waals surface area contributed by atoms with Crippen LogP contribution in [-0.2, 0) is 23.9 Å². The zero-order valence-corrected chi connectivity index (χ0v) is 24.6. The third-order valence-corrected chi connectivity index (χ3v) is 9.26. The van der Waals surface area contributed by atoms with Gasteiger partial charge >= 0.3 is 6.18 Å². The van der Waals surface area contributed by atoms with Gasteiger partial charge in [-0.05, 0) is 48.6 Å². The van der Waals surface area contributed by atoms with Crippen LogP contribution < -0.4 is 10.3 Å². The molecule has 0 aliphatic carbocycles. The van der Waals surface area contributed by atoms with Crippen LogP contribution in [0.4, 0.5) is 22.0 Å². The van der Waals surface area contributed by atoms with Crippen molar-refractivity contribution in [2.75, 3.05) is 19.5 Å². The van der Waals surface area contributed by atoms with Gasteiger partial charge in [0.2, 0.25) is 0 Å². The molecule has 228 valence electrons. The molecule has 3 aromatic carbocycles. The predicted octanol–water partition coefficient (Wildman–Crippen LogP) is 7.73. The van der Waals surface area contributed by atoms with Crippen molar-refractivity contribution < 1.29 is 31.5 Å². The molecular formula is C33H27F5N2O3S. The van der Waals surface area contributed by atoms with Crippen molar-refractivity contribution in [3.8, 4) is 16.9 Å². The fourth-order valence-electron chi connectivity index (χ4n) is 6.00. The molecule has 0 amide bonds. The Morgan fingerprint density at radius 1 is 1.07 bits per heavy atom. The number of hydrogen-bond acceptors (Lipinski definition) is 5. The molecule has 1 aromatic heterocycles. The summed E-state index contributed by atoms with van der Waals surface area (Å²) in [5, 5.41) is 4.60. The lowest BCUT2D eigenvalue weighted by atomic mass is 9.91. The van der Waals surface area contributed by atoms with Crippen molar-refractivity contribution in [3.05, 3.63) is 116 Å². The number of aromatic nitrogens is 1. The molecule has 0 saturated carbocycles. The Morgan fingerprint density at radius 3 is 2.57 bits per heavy atom. The summed E-state index contributed by atoms with van der Waals surface area (Å²) in [6, 6.07) is 14.4. The van der Waals surface area contributed by atoms with Gasteiger partial charge in [-0.2, -0.15) is 13.2 Å². The summed E-state index contributed by atoms with van der Waals surface area (Å²) in [7, 11) is 1.38. The molecule has 3 heterocycles. The summed E-state index contributed by atoms with van der Waals surface area (Å²) >= 11 is 1.25. The van der Waals surface area contributed by atoms with E-state index in [2.05, 4.69) is 5.16 Å². The Hall–Kier alpha value is -4.12. The van der Waals surface area contributed by atoms with E-state index in [0.29, 0.717) is 46.2 Å². The van der Waals surface area contributed by atoms with E-state index in [1.807, 2.05) is 6.07 Å². The molecule has 11 heteroatoms. The SMILES string of the molecule is CO/N=C(\c1ccccc1)C1CSc2c(Cc3c(F)cccc3C(F)(F)F)c(C)c(-c3ccc4c(c3F)OCCC4)c(=O)n21. The summed E-state index contributed by atoms with van der Waals surface area (Å²) < 4.78 is 80.5. The first-order valence-electron chi connectivity index (χ1n) is 14.0. The van der Waals surface area contributed by atoms with Crippen molar-refractivity contribution in [2.45, 2.75) is 43.4 Å². The summed E-state index contributed by atoms with van der Waals surface area (Å²) in [5.74, 6) is -1.39. The van der Waals surface area contributed by atoms with Gasteiger partial charge < -0.3 is 9.57 Å². The van der Waals surface area contributed by atoms with Crippen molar-refractivity contribution in [1.82, 2.24) is 4.57 Å². The van der Waals surface area contributed by atoms with Gasteiger partial charge in [-0.3, -0.25) is 9.36 Å². The number of hydrogen-bond donors (Lipinski definition) is 0. The number of rotatable bonds is 6. The largest absolute Gasteiger partial charge is 0.490 e. The molecule has 0 spiro atoms. The van der Waals surface area contributed by atoms with Crippen LogP contribution >= 0.6 is 11.8 Å². The van der Waals surface area contributed by atoms with E-state index in [-0.39, 0.29) is 22.4 Å². The van der Waals surface area contributed by atoms with E-state index in [1.54, 1.807) is 37.3 Å². The Bertz CT molecular complexity index is 1840. The highest BCUT2D eigenvalue weighted by molar-refractivity contribution is 7.99. The Kier molecular flexibility index (Phi) is 8.00. The van der Waals surface area contributed by atoms with E-state index in [0.717, 1.165) is 24.6 Å². The summed E-state index contributed by atoms with van der Waals surface area (Å²) in [6.07, 6.45) is -3.95. The third-order valence-electron chi connectivity index (χ3n) is 8.06. The minimum Gasteiger partial charge on any atom is -0.490 e. The van der Waals surface area contributed by atoms with Crippen LogP contribution in [0.1, 0.15) is 45.8 Å². The number of thioether (sulfide) groups is 1. The van der Waals surface area contributed by atoms with Crippen LogP contribution in [0.2, 0.25) is 0 Å². The van der Waals surface area contributed by atoms with Crippen LogP contribution in [-0.4, -0.2) is 29.7 Å². The second-order valence-corrected chi connectivity index (χ2v) is 11.6. The molecule has 5 nitrogen and oxygen atoms in total. The number of oxime groups is 1. The number of fused-ring (bicyclic) bond motifs is 2. The summed E-state index contributed by atoms with van der Waals surface area (Å²) in [5.41, 5.74) is 0.0553. The first-order chi connectivity index (χ1) is 21.1. The number of halogens is 5. The smallest absolute Gasteiger partial charge is 0.416 e. The molecular weight excluding hydrogens is 599 g/mol. The second kappa shape index (κ2) is 11.8. The Labute approximate surface area is 254 Å². The highest BCUT2D eigenvalue weighted by Gasteiger charge is 2.38. The van der Waals surface area contributed by atoms with Gasteiger partial charge in [0.15, 0.2) is 11.6 Å². The molecule has 0 bridgehead atoms. The fourth-order valence-corrected chi connectivity index (χ4v) is 7.37. The van der Waals surface area contributed by atoms with Gasteiger partial charge in [0.1, 0.15) is 18.6 Å². The summed E-state index contributed by atoms with van der Waals surface area (Å²) in [6.45, 7) is 1.89. The lowest BCUT2D eigenvalue weighted by molar-refractivity contribution is -0.138. The molecule has 6 rings (SSSR count). The topological polar surface area (TPSA) is 52.8 Å². The summed E-state index contributed by atoms with van der Waals surface area (Å²) in [4.78, 5) is 19.6. The van der Waals surface area contributed by atoms with Gasteiger partial charge in [-0.1, -0.05) is 53.7 Å². The van der Waals surface area contributed by atoms with E-state index in [9.17, 15) is 18.0 Å². The molecule has 0 radical (unpaired) electrons. The standard InChI is InChI=1S/C33H27F5N2O3S/c1-18-22(16-23-24(33(36,37)38)11-6-12-25(23)34)32-40(26(17-44-32)29(39-42-2)19-8-4-3-5-9-19)31(41)27(18)21-14-13-20-10-7-15-43-30(20)28(21)35/h3-6,8-9,11-14,26H,7,10,15-17H2,1-2H3/b39-29+. The van der Waals surface area contributed by atoms with Gasteiger partial charge in [-0.25, -0.2) is 8.78 Å². The first kappa shape index (κ1) is 29.9. The third kappa shape index (κ3) is 5.16. The van der Waals surface area contributed by atoms with E-state index in [1.165, 1.54) is 29.5 Å². The number of ether oxygens (including phenoxy) is 1. The van der Waals surface area contributed by atoms with Crippen molar-refractivity contribution >= 4 is 17.5 Å². The van der Waals surface area contributed by atoms with Gasteiger partial charge in [0, 0.05) is 28.9 Å². The molecule has 2 aliphatic heterocycles. The van der Waals surface area contributed by atoms with Crippen molar-refractivity contribution in [2.24, 2.45) is 5.16 Å². The van der Waals surface area contributed by atoms with Crippen LogP contribution in [0.25, 0.3) is 11.1 Å². The number of benzene rings is 3. The predicted molar refractivity (Wildman–Crippen MR) is 159 cm³/mol. The second-order valence-electron chi connectivity index (χ2n) is 10.6. The molecule has 4 aromatic rings. The minimum absolute atomic E-state index is 0.0274. The molecule has 1 unspecified atom stereocenters. The van der Waals surface area contributed by atoms with E-state index < -0.39 is 47.0 Å². The van der Waals surface area contributed by atoms with Crippen LogP contribution in [0.15, 0.2) is 75.6 Å². The number of nitrogens with zero attached hydrogens (tertiary/aromatic N) is 2. The Morgan fingerprint density at radius 2 is 1.84 bits per heavy atom. The fraction of sp³-hybridized carbons (Fsp3) is 0.273.